The minimum Gasteiger partial charge on any atom is -0.462 e. The van der Waals surface area contributed by atoms with Gasteiger partial charge in [0.1, 0.15) is 6.10 Å². The van der Waals surface area contributed by atoms with Crippen molar-refractivity contribution >= 4 is 5.97 Å². The lowest BCUT2D eigenvalue weighted by Crippen LogP contribution is -2.31. The van der Waals surface area contributed by atoms with Crippen LogP contribution < -0.4 is 0 Å². The Hall–Kier alpha value is -1.30. The Bertz CT molecular complexity index is 327. The van der Waals surface area contributed by atoms with Gasteiger partial charge in [-0.05, 0) is 12.8 Å². The summed E-state index contributed by atoms with van der Waals surface area (Å²) in [5.74, 6) is -0.0749. The summed E-state index contributed by atoms with van der Waals surface area (Å²) < 4.78 is 5.28. The monoisotopic (exact) mass is 221 g/mol. The maximum Gasteiger partial charge on any atom is 0.302 e. The summed E-state index contributed by atoms with van der Waals surface area (Å²) >= 11 is 0. The molecule has 0 N–H and O–H groups in total. The Morgan fingerprint density at radius 2 is 2.31 bits per heavy atom. The van der Waals surface area contributed by atoms with Crippen LogP contribution in [0.15, 0.2) is 11.6 Å². The molecule has 0 spiro atoms. The minimum atomic E-state index is -0.256. The molecule has 0 heterocycles. The number of rotatable bonds is 3. The molecule has 0 aromatic heterocycles. The number of nitrogens with zero attached hydrogens (tertiary/aromatic N) is 1. The van der Waals surface area contributed by atoms with Gasteiger partial charge in [0, 0.05) is 19.3 Å². The van der Waals surface area contributed by atoms with Crippen LogP contribution >= 0.6 is 0 Å². The normalized spacial score (nSPS) is 29.1. The molecule has 0 bridgehead atoms. The predicted octanol–water partition coefficient (Wildman–Crippen LogP) is 2.82. The molecule has 16 heavy (non-hydrogen) atoms. The smallest absolute Gasteiger partial charge is 0.302 e. The molecule has 3 unspecified atom stereocenters. The van der Waals surface area contributed by atoms with E-state index in [0.29, 0.717) is 6.42 Å². The number of ether oxygens (including phenoxy) is 1. The van der Waals surface area contributed by atoms with Crippen LogP contribution in [0.3, 0.4) is 0 Å². The maximum absolute atomic E-state index is 11.0. The van der Waals surface area contributed by atoms with E-state index in [-0.39, 0.29) is 23.9 Å². The van der Waals surface area contributed by atoms with Crippen molar-refractivity contribution in [2.75, 3.05) is 0 Å². The first-order chi connectivity index (χ1) is 7.62. The van der Waals surface area contributed by atoms with E-state index in [0.717, 1.165) is 12.8 Å². The van der Waals surface area contributed by atoms with Gasteiger partial charge in [0.15, 0.2) is 0 Å². The molecule has 0 aromatic rings. The van der Waals surface area contributed by atoms with Gasteiger partial charge in [-0.2, -0.15) is 5.26 Å². The number of nitriles is 1. The zero-order valence-electron chi connectivity index (χ0n) is 10.2. The lowest BCUT2D eigenvalue weighted by atomic mass is 9.79. The second kappa shape index (κ2) is 5.69. The predicted molar refractivity (Wildman–Crippen MR) is 61.4 cm³/mol. The summed E-state index contributed by atoms with van der Waals surface area (Å²) in [5, 5.41) is 9.07. The number of esters is 1. The number of hydrogen-bond donors (Lipinski definition) is 0. The van der Waals surface area contributed by atoms with Crippen molar-refractivity contribution in [3.63, 3.8) is 0 Å². The largest absolute Gasteiger partial charge is 0.462 e. The highest BCUT2D eigenvalue weighted by atomic mass is 16.5. The van der Waals surface area contributed by atoms with Crippen molar-refractivity contribution in [2.24, 2.45) is 11.8 Å². The fourth-order valence-corrected chi connectivity index (χ4v) is 2.29. The van der Waals surface area contributed by atoms with E-state index >= 15 is 0 Å². The van der Waals surface area contributed by atoms with Crippen molar-refractivity contribution in [3.8, 4) is 6.07 Å². The molecule has 1 aliphatic carbocycles. The molecule has 3 heteroatoms. The Morgan fingerprint density at radius 3 is 2.75 bits per heavy atom. The molecule has 0 saturated carbocycles. The number of carbonyl (C=O) groups is 1. The van der Waals surface area contributed by atoms with Crippen LogP contribution in [-0.2, 0) is 9.53 Å². The van der Waals surface area contributed by atoms with Gasteiger partial charge in [0.2, 0.25) is 0 Å². The molecule has 88 valence electrons. The first-order valence-electron chi connectivity index (χ1n) is 5.89. The van der Waals surface area contributed by atoms with Gasteiger partial charge in [-0.3, -0.25) is 4.79 Å². The Labute approximate surface area is 97.1 Å². The second-order valence-corrected chi connectivity index (χ2v) is 4.23. The average molecular weight is 221 g/mol. The van der Waals surface area contributed by atoms with E-state index in [1.807, 2.05) is 0 Å². The highest BCUT2D eigenvalue weighted by Crippen LogP contribution is 2.33. The van der Waals surface area contributed by atoms with E-state index in [1.54, 1.807) is 0 Å². The Balaban J connectivity index is 2.86. The third-order valence-corrected chi connectivity index (χ3v) is 3.17. The molecular formula is C13H19NO2. The molecule has 0 radical (unpaired) electrons. The van der Waals surface area contributed by atoms with Crippen LogP contribution in [0.1, 0.15) is 40.0 Å². The lowest BCUT2D eigenvalue weighted by molar-refractivity contribution is -0.149. The molecule has 0 saturated heterocycles. The summed E-state index contributed by atoms with van der Waals surface area (Å²) in [6.07, 6.45) is 4.50. The summed E-state index contributed by atoms with van der Waals surface area (Å²) in [4.78, 5) is 11.0. The fourth-order valence-electron chi connectivity index (χ4n) is 2.29. The minimum absolute atomic E-state index is 0.0860. The first-order valence-corrected chi connectivity index (χ1v) is 5.89. The lowest BCUT2D eigenvalue weighted by Gasteiger charge is -2.31. The van der Waals surface area contributed by atoms with Gasteiger partial charge in [0.05, 0.1) is 12.0 Å². The maximum atomic E-state index is 11.0. The summed E-state index contributed by atoms with van der Waals surface area (Å²) in [6.45, 7) is 5.57. The van der Waals surface area contributed by atoms with Gasteiger partial charge in [-0.15, -0.1) is 0 Å². The third kappa shape index (κ3) is 2.85. The summed E-state index contributed by atoms with van der Waals surface area (Å²) in [5.41, 5.74) is 1.19. The molecule has 1 rings (SSSR count). The van der Waals surface area contributed by atoms with Crippen molar-refractivity contribution in [3.05, 3.63) is 11.6 Å². The highest BCUT2D eigenvalue weighted by molar-refractivity contribution is 5.66. The highest BCUT2D eigenvalue weighted by Gasteiger charge is 2.31. The van der Waals surface area contributed by atoms with Crippen molar-refractivity contribution in [1.82, 2.24) is 0 Å². The zero-order chi connectivity index (χ0) is 12.1. The fraction of sp³-hybridized carbons (Fsp3) is 0.692. The SMILES string of the molecule is CCC1=CC(CC)C(OC(C)=O)CC1C#N. The van der Waals surface area contributed by atoms with Gasteiger partial charge in [-0.25, -0.2) is 0 Å². The van der Waals surface area contributed by atoms with E-state index in [4.69, 9.17) is 10.00 Å². The quantitative estimate of drug-likeness (QED) is 0.544. The molecule has 3 atom stereocenters. The van der Waals surface area contributed by atoms with Crippen LogP contribution in [0.25, 0.3) is 0 Å². The molecule has 0 aliphatic heterocycles. The topological polar surface area (TPSA) is 50.1 Å². The van der Waals surface area contributed by atoms with E-state index in [2.05, 4.69) is 26.0 Å². The number of hydrogen-bond acceptors (Lipinski definition) is 3. The van der Waals surface area contributed by atoms with Gasteiger partial charge >= 0.3 is 5.97 Å². The Morgan fingerprint density at radius 1 is 1.62 bits per heavy atom. The molecule has 0 aromatic carbocycles. The molecule has 0 fully saturated rings. The molecule has 3 nitrogen and oxygen atoms in total. The van der Waals surface area contributed by atoms with Crippen LogP contribution in [0.2, 0.25) is 0 Å². The van der Waals surface area contributed by atoms with Crippen LogP contribution in [0, 0.1) is 23.2 Å². The standard InChI is InChI=1S/C13H19NO2/c1-4-10-6-11(5-2)13(16-9(3)15)7-12(10)8-14/h6,11-13H,4-5,7H2,1-3H3. The number of allylic oxidation sites excluding steroid dienone is 1. The average Bonchev–Trinajstić information content (AvgIpc) is 2.27. The van der Waals surface area contributed by atoms with Crippen LogP contribution in [-0.4, -0.2) is 12.1 Å². The van der Waals surface area contributed by atoms with E-state index in [1.165, 1.54) is 12.5 Å². The van der Waals surface area contributed by atoms with E-state index in [9.17, 15) is 4.79 Å². The third-order valence-electron chi connectivity index (χ3n) is 3.17. The molecule has 0 amide bonds. The van der Waals surface area contributed by atoms with Crippen LogP contribution in [0.5, 0.6) is 0 Å². The van der Waals surface area contributed by atoms with Crippen molar-refractivity contribution in [2.45, 2.75) is 46.1 Å². The molecule has 1 aliphatic rings. The van der Waals surface area contributed by atoms with Gasteiger partial charge in [0.25, 0.3) is 0 Å². The Kier molecular flexibility index (Phi) is 4.54. The summed E-state index contributed by atoms with van der Waals surface area (Å²) in [6, 6.07) is 2.29. The van der Waals surface area contributed by atoms with Gasteiger partial charge < -0.3 is 4.74 Å². The van der Waals surface area contributed by atoms with Crippen LogP contribution in [0.4, 0.5) is 0 Å². The molecular weight excluding hydrogens is 202 g/mol. The zero-order valence-corrected chi connectivity index (χ0v) is 10.2. The second-order valence-electron chi connectivity index (χ2n) is 4.23. The van der Waals surface area contributed by atoms with Gasteiger partial charge in [-0.1, -0.05) is 25.5 Å². The van der Waals surface area contributed by atoms with Crippen molar-refractivity contribution < 1.29 is 9.53 Å². The van der Waals surface area contributed by atoms with Crippen molar-refractivity contribution in [1.29, 1.82) is 5.26 Å². The number of carbonyl (C=O) groups excluding carboxylic acids is 1. The van der Waals surface area contributed by atoms with E-state index < -0.39 is 0 Å². The summed E-state index contributed by atoms with van der Waals surface area (Å²) in [7, 11) is 0. The first kappa shape index (κ1) is 12.8.